The van der Waals surface area contributed by atoms with Crippen LogP contribution in [0.5, 0.6) is 5.88 Å². The molecule has 0 aliphatic carbocycles. The summed E-state index contributed by atoms with van der Waals surface area (Å²) in [5.74, 6) is -4.53. The molecule has 9 heteroatoms. The molecule has 0 radical (unpaired) electrons. The van der Waals surface area contributed by atoms with Crippen LogP contribution in [0.3, 0.4) is 0 Å². The third-order valence-electron chi connectivity index (χ3n) is 1.71. The molecule has 1 heterocycles. The highest BCUT2D eigenvalue weighted by atomic mass is 19.3. The van der Waals surface area contributed by atoms with Crippen LogP contribution in [0.2, 0.25) is 0 Å². The monoisotopic (exact) mass is 254 g/mol. The van der Waals surface area contributed by atoms with Crippen LogP contribution in [0.15, 0.2) is 6.07 Å². The molecule has 1 aromatic rings. The van der Waals surface area contributed by atoms with E-state index in [4.69, 9.17) is 5.73 Å². The SMILES string of the molecule is CNc1cc(OCC(F)(F)C(F)F)nc(N)n1. The van der Waals surface area contributed by atoms with Crippen LogP contribution < -0.4 is 15.8 Å². The summed E-state index contributed by atoms with van der Waals surface area (Å²) in [6.45, 7) is -1.48. The lowest BCUT2D eigenvalue weighted by molar-refractivity contribution is -0.148. The van der Waals surface area contributed by atoms with Crippen molar-refractivity contribution in [2.75, 3.05) is 24.7 Å². The molecule has 0 aliphatic rings. The van der Waals surface area contributed by atoms with Gasteiger partial charge in [0.05, 0.1) is 0 Å². The van der Waals surface area contributed by atoms with Gasteiger partial charge in [0.25, 0.3) is 0 Å². The van der Waals surface area contributed by atoms with E-state index < -0.39 is 19.0 Å². The van der Waals surface area contributed by atoms with E-state index in [1.165, 1.54) is 7.05 Å². The lowest BCUT2D eigenvalue weighted by atomic mass is 10.4. The Bertz CT molecular complexity index is 388. The molecule has 0 aliphatic heterocycles. The van der Waals surface area contributed by atoms with Crippen LogP contribution in [-0.2, 0) is 0 Å². The number of ether oxygens (including phenoxy) is 1. The predicted octanol–water partition coefficient (Wildman–Crippen LogP) is 1.38. The van der Waals surface area contributed by atoms with Gasteiger partial charge in [-0.15, -0.1) is 0 Å². The van der Waals surface area contributed by atoms with Gasteiger partial charge in [-0.2, -0.15) is 18.7 Å². The lowest BCUT2D eigenvalue weighted by Gasteiger charge is -2.15. The number of nitrogens with two attached hydrogens (primary N) is 1. The normalized spacial score (nSPS) is 11.6. The van der Waals surface area contributed by atoms with Gasteiger partial charge >= 0.3 is 12.3 Å². The second-order valence-electron chi connectivity index (χ2n) is 3.05. The molecule has 5 nitrogen and oxygen atoms in total. The molecule has 17 heavy (non-hydrogen) atoms. The van der Waals surface area contributed by atoms with Crippen molar-refractivity contribution < 1.29 is 22.3 Å². The van der Waals surface area contributed by atoms with Gasteiger partial charge in [-0.3, -0.25) is 0 Å². The first-order valence-corrected chi connectivity index (χ1v) is 4.46. The zero-order valence-electron chi connectivity index (χ0n) is 8.75. The lowest BCUT2D eigenvalue weighted by Crippen LogP contribution is -2.34. The molecule has 0 saturated heterocycles. The van der Waals surface area contributed by atoms with Crippen LogP contribution >= 0.6 is 0 Å². The summed E-state index contributed by atoms with van der Waals surface area (Å²) in [5.41, 5.74) is 5.26. The fraction of sp³-hybridized carbons (Fsp3) is 0.500. The minimum Gasteiger partial charge on any atom is -0.471 e. The van der Waals surface area contributed by atoms with Crippen molar-refractivity contribution in [3.8, 4) is 5.88 Å². The number of aromatic nitrogens is 2. The smallest absolute Gasteiger partial charge is 0.340 e. The van der Waals surface area contributed by atoms with Crippen molar-refractivity contribution in [1.82, 2.24) is 9.97 Å². The molecule has 0 atom stereocenters. The largest absolute Gasteiger partial charge is 0.471 e. The van der Waals surface area contributed by atoms with E-state index in [1.54, 1.807) is 0 Å². The van der Waals surface area contributed by atoms with Gasteiger partial charge in [-0.05, 0) is 0 Å². The summed E-state index contributed by atoms with van der Waals surface area (Å²) in [4.78, 5) is 7.14. The van der Waals surface area contributed by atoms with E-state index in [-0.39, 0.29) is 17.6 Å². The van der Waals surface area contributed by atoms with Crippen molar-refractivity contribution in [1.29, 1.82) is 0 Å². The zero-order chi connectivity index (χ0) is 13.1. The first-order chi connectivity index (χ1) is 7.85. The second kappa shape index (κ2) is 5.02. The average molecular weight is 254 g/mol. The van der Waals surface area contributed by atoms with Gasteiger partial charge in [0.2, 0.25) is 11.8 Å². The molecular weight excluding hydrogens is 244 g/mol. The average Bonchev–Trinajstić information content (AvgIpc) is 2.25. The Balaban J connectivity index is 2.72. The fourth-order valence-electron chi connectivity index (χ4n) is 0.878. The highest BCUT2D eigenvalue weighted by Crippen LogP contribution is 2.24. The first-order valence-electron chi connectivity index (χ1n) is 4.46. The standard InChI is InChI=1S/C8H10F4N4O/c1-14-4-2-5(16-7(13)15-4)17-3-8(11,12)6(9)10/h2,6H,3H2,1H3,(H3,13,14,15,16). The van der Waals surface area contributed by atoms with Crippen molar-refractivity contribution >= 4 is 11.8 Å². The molecule has 96 valence electrons. The zero-order valence-corrected chi connectivity index (χ0v) is 8.75. The molecule has 0 spiro atoms. The van der Waals surface area contributed by atoms with Crippen LogP contribution in [0.4, 0.5) is 29.3 Å². The van der Waals surface area contributed by atoms with Gasteiger partial charge in [-0.1, -0.05) is 0 Å². The third-order valence-corrected chi connectivity index (χ3v) is 1.71. The molecule has 0 fully saturated rings. The topological polar surface area (TPSA) is 73.1 Å². The number of hydrogen-bond donors (Lipinski definition) is 2. The van der Waals surface area contributed by atoms with Crippen molar-refractivity contribution in [2.24, 2.45) is 0 Å². The van der Waals surface area contributed by atoms with Crippen molar-refractivity contribution in [3.05, 3.63) is 6.07 Å². The molecule has 0 aromatic carbocycles. The Labute approximate surface area is 94.0 Å². The molecular formula is C8H10F4N4O. The fourth-order valence-corrected chi connectivity index (χ4v) is 0.878. The number of rotatable bonds is 5. The number of nitrogens with one attached hydrogen (secondary N) is 1. The number of alkyl halides is 4. The Kier molecular flexibility index (Phi) is 3.92. The van der Waals surface area contributed by atoms with E-state index in [0.717, 1.165) is 6.07 Å². The first kappa shape index (κ1) is 13.3. The highest BCUT2D eigenvalue weighted by molar-refractivity contribution is 5.42. The number of anilines is 2. The van der Waals surface area contributed by atoms with Crippen LogP contribution in [0.1, 0.15) is 0 Å². The Morgan fingerprint density at radius 1 is 1.47 bits per heavy atom. The Hall–Kier alpha value is -1.80. The maximum atomic E-state index is 12.5. The van der Waals surface area contributed by atoms with E-state index in [2.05, 4.69) is 20.0 Å². The van der Waals surface area contributed by atoms with Gasteiger partial charge in [0, 0.05) is 13.1 Å². The third kappa shape index (κ3) is 3.61. The Morgan fingerprint density at radius 2 is 2.12 bits per heavy atom. The van der Waals surface area contributed by atoms with Gasteiger partial charge in [0.15, 0.2) is 6.61 Å². The summed E-state index contributed by atoms with van der Waals surface area (Å²) in [6, 6.07) is 1.16. The van der Waals surface area contributed by atoms with Crippen LogP contribution in [-0.4, -0.2) is 36.0 Å². The number of nitrogens with zero attached hydrogens (tertiary/aromatic N) is 2. The molecule has 0 amide bonds. The van der Waals surface area contributed by atoms with Crippen LogP contribution in [0.25, 0.3) is 0 Å². The van der Waals surface area contributed by atoms with Crippen molar-refractivity contribution in [2.45, 2.75) is 12.3 Å². The molecule has 0 unspecified atom stereocenters. The van der Waals surface area contributed by atoms with Crippen LogP contribution in [0, 0.1) is 0 Å². The maximum Gasteiger partial charge on any atom is 0.340 e. The molecule has 0 bridgehead atoms. The maximum absolute atomic E-state index is 12.5. The van der Waals surface area contributed by atoms with Gasteiger partial charge in [0.1, 0.15) is 5.82 Å². The minimum atomic E-state index is -4.24. The summed E-state index contributed by atoms with van der Waals surface area (Å²) in [6.07, 6.45) is -3.80. The number of halogens is 4. The summed E-state index contributed by atoms with van der Waals surface area (Å²) in [7, 11) is 1.51. The van der Waals surface area contributed by atoms with E-state index in [1.807, 2.05) is 0 Å². The van der Waals surface area contributed by atoms with E-state index >= 15 is 0 Å². The second-order valence-corrected chi connectivity index (χ2v) is 3.05. The van der Waals surface area contributed by atoms with Gasteiger partial charge in [-0.25, -0.2) is 8.78 Å². The summed E-state index contributed by atoms with van der Waals surface area (Å²) < 4.78 is 53.2. The van der Waals surface area contributed by atoms with Gasteiger partial charge < -0.3 is 15.8 Å². The number of nitrogen functional groups attached to an aromatic ring is 1. The van der Waals surface area contributed by atoms with E-state index in [0.29, 0.717) is 0 Å². The minimum absolute atomic E-state index is 0.216. The van der Waals surface area contributed by atoms with E-state index in [9.17, 15) is 17.6 Å². The molecule has 1 rings (SSSR count). The summed E-state index contributed by atoms with van der Waals surface area (Å²) >= 11 is 0. The van der Waals surface area contributed by atoms with Crippen molar-refractivity contribution in [3.63, 3.8) is 0 Å². The molecule has 1 aromatic heterocycles. The predicted molar refractivity (Wildman–Crippen MR) is 52.4 cm³/mol. The molecule has 0 saturated carbocycles. The quantitative estimate of drug-likeness (QED) is 0.776. The number of hydrogen-bond acceptors (Lipinski definition) is 5. The summed E-state index contributed by atoms with van der Waals surface area (Å²) in [5, 5.41) is 2.58. The highest BCUT2D eigenvalue weighted by Gasteiger charge is 2.41. The molecule has 3 N–H and O–H groups in total. The Morgan fingerprint density at radius 3 is 2.65 bits per heavy atom.